The third-order valence-corrected chi connectivity index (χ3v) is 5.39. The Kier molecular flexibility index (Phi) is 6.64. The van der Waals surface area contributed by atoms with Gasteiger partial charge in [0.1, 0.15) is 5.69 Å². The van der Waals surface area contributed by atoms with Gasteiger partial charge in [-0.1, -0.05) is 73.2 Å². The minimum Gasteiger partial charge on any atom is -0.343 e. The average Bonchev–Trinajstić information content (AvgIpc) is 3.29. The molecular formula is C27H26N4O2. The number of para-hydroxylation sites is 1. The van der Waals surface area contributed by atoms with Crippen LogP contribution in [0.4, 0.5) is 5.69 Å². The van der Waals surface area contributed by atoms with Crippen molar-refractivity contribution in [2.75, 3.05) is 11.9 Å². The maximum Gasteiger partial charge on any atom is 0.255 e. The lowest BCUT2D eigenvalue weighted by molar-refractivity contribution is -0.115. The molecular weight excluding hydrogens is 412 g/mol. The van der Waals surface area contributed by atoms with E-state index in [4.69, 9.17) is 0 Å². The molecule has 0 aliphatic rings. The van der Waals surface area contributed by atoms with Gasteiger partial charge in [0.15, 0.2) is 0 Å². The summed E-state index contributed by atoms with van der Waals surface area (Å²) >= 11 is 0. The van der Waals surface area contributed by atoms with Crippen molar-refractivity contribution in [2.45, 2.75) is 20.3 Å². The summed E-state index contributed by atoms with van der Waals surface area (Å²) in [6.07, 6.45) is 2.51. The van der Waals surface area contributed by atoms with Crippen molar-refractivity contribution in [3.05, 3.63) is 102 Å². The summed E-state index contributed by atoms with van der Waals surface area (Å²) in [6.45, 7) is 3.91. The Bertz CT molecular complexity index is 1260. The van der Waals surface area contributed by atoms with Gasteiger partial charge in [0.2, 0.25) is 5.91 Å². The van der Waals surface area contributed by atoms with Crippen LogP contribution >= 0.6 is 0 Å². The van der Waals surface area contributed by atoms with E-state index in [9.17, 15) is 9.59 Å². The minimum absolute atomic E-state index is 0.138. The second-order valence-electron chi connectivity index (χ2n) is 7.78. The highest BCUT2D eigenvalue weighted by molar-refractivity contribution is 6.03. The smallest absolute Gasteiger partial charge is 0.255 e. The summed E-state index contributed by atoms with van der Waals surface area (Å²) in [5.74, 6) is -0.637. The summed E-state index contributed by atoms with van der Waals surface area (Å²) in [6, 6.07) is 25.1. The number of amides is 2. The molecule has 1 heterocycles. The van der Waals surface area contributed by atoms with E-state index in [2.05, 4.69) is 15.7 Å². The lowest BCUT2D eigenvalue weighted by Crippen LogP contribution is -2.33. The third-order valence-electron chi connectivity index (χ3n) is 5.39. The second kappa shape index (κ2) is 9.96. The number of aryl methyl sites for hydroxylation is 2. The third kappa shape index (κ3) is 5.18. The summed E-state index contributed by atoms with van der Waals surface area (Å²) in [5, 5.41) is 10.3. The summed E-state index contributed by atoms with van der Waals surface area (Å²) < 4.78 is 1.69. The van der Waals surface area contributed by atoms with Crippen LogP contribution in [0.1, 0.15) is 28.4 Å². The highest BCUT2D eigenvalue weighted by Gasteiger charge is 2.19. The molecule has 4 aromatic rings. The number of hydrogen-bond acceptors (Lipinski definition) is 3. The molecule has 0 fully saturated rings. The number of benzene rings is 3. The molecule has 6 heteroatoms. The van der Waals surface area contributed by atoms with E-state index in [1.54, 1.807) is 10.9 Å². The second-order valence-corrected chi connectivity index (χ2v) is 7.78. The number of anilines is 1. The number of nitrogens with zero attached hydrogens (tertiary/aromatic N) is 2. The number of nitrogens with one attached hydrogen (secondary N) is 2. The van der Waals surface area contributed by atoms with E-state index < -0.39 is 0 Å². The Balaban J connectivity index is 1.54. The molecule has 0 radical (unpaired) electrons. The molecule has 0 saturated carbocycles. The first-order chi connectivity index (χ1) is 16.0. The first-order valence-corrected chi connectivity index (χ1v) is 10.9. The predicted octanol–water partition coefficient (Wildman–Crippen LogP) is 4.78. The number of aromatic nitrogens is 2. The van der Waals surface area contributed by atoms with Crippen LogP contribution in [0.15, 0.2) is 85.1 Å². The van der Waals surface area contributed by atoms with Crippen LogP contribution in [0.3, 0.4) is 0 Å². The molecule has 6 nitrogen and oxygen atoms in total. The van der Waals surface area contributed by atoms with Crippen molar-refractivity contribution in [2.24, 2.45) is 0 Å². The molecule has 0 atom stereocenters. The quantitative estimate of drug-likeness (QED) is 0.436. The molecule has 4 rings (SSSR count). The Morgan fingerprint density at radius 1 is 0.909 bits per heavy atom. The fourth-order valence-corrected chi connectivity index (χ4v) is 3.58. The molecule has 0 aliphatic heterocycles. The van der Waals surface area contributed by atoms with Gasteiger partial charge < -0.3 is 10.6 Å². The van der Waals surface area contributed by atoms with E-state index in [0.29, 0.717) is 11.3 Å². The van der Waals surface area contributed by atoms with Crippen molar-refractivity contribution in [3.63, 3.8) is 0 Å². The van der Waals surface area contributed by atoms with Crippen LogP contribution < -0.4 is 10.6 Å². The van der Waals surface area contributed by atoms with Gasteiger partial charge in [-0.2, -0.15) is 5.10 Å². The summed E-state index contributed by atoms with van der Waals surface area (Å²) in [7, 11) is 0. The zero-order valence-corrected chi connectivity index (χ0v) is 18.7. The predicted molar refractivity (Wildman–Crippen MR) is 131 cm³/mol. The molecule has 0 saturated heterocycles. The normalized spacial score (nSPS) is 10.6. The first-order valence-electron chi connectivity index (χ1n) is 10.9. The van der Waals surface area contributed by atoms with E-state index in [0.717, 1.165) is 34.5 Å². The van der Waals surface area contributed by atoms with Crippen LogP contribution in [0.25, 0.3) is 16.9 Å². The van der Waals surface area contributed by atoms with Crippen LogP contribution in [0, 0.1) is 6.92 Å². The zero-order chi connectivity index (χ0) is 23.2. The summed E-state index contributed by atoms with van der Waals surface area (Å²) in [5.41, 5.74) is 5.59. The number of rotatable bonds is 7. The van der Waals surface area contributed by atoms with E-state index in [1.807, 2.05) is 92.7 Å². The lowest BCUT2D eigenvalue weighted by Gasteiger charge is -2.10. The molecule has 33 heavy (non-hydrogen) atoms. The van der Waals surface area contributed by atoms with Gasteiger partial charge in [-0.3, -0.25) is 9.59 Å². The number of hydrogen-bond donors (Lipinski definition) is 2. The van der Waals surface area contributed by atoms with Crippen LogP contribution in [-0.4, -0.2) is 28.1 Å². The summed E-state index contributed by atoms with van der Waals surface area (Å²) in [4.78, 5) is 25.6. The lowest BCUT2D eigenvalue weighted by atomic mass is 10.1. The Labute approximate surface area is 193 Å². The zero-order valence-electron chi connectivity index (χ0n) is 18.7. The van der Waals surface area contributed by atoms with Crippen LogP contribution in [-0.2, 0) is 11.2 Å². The average molecular weight is 439 g/mol. The fraction of sp³-hybridized carbons (Fsp3) is 0.148. The standard InChI is InChI=1S/C27H26N4O2/c1-3-20-9-7-8-12-24(20)29-25(32)17-28-27(33)23-18-31(22-15-13-19(2)14-16-22)30-26(23)21-10-5-4-6-11-21/h4-16,18H,3,17H2,1-2H3,(H,28,33)(H,29,32). The maximum atomic E-state index is 13.1. The van der Waals surface area contributed by atoms with Crippen LogP contribution in [0.2, 0.25) is 0 Å². The Hall–Kier alpha value is -4.19. The molecule has 1 aromatic heterocycles. The van der Waals surface area contributed by atoms with Crippen molar-refractivity contribution < 1.29 is 9.59 Å². The molecule has 3 aromatic carbocycles. The SMILES string of the molecule is CCc1ccccc1NC(=O)CNC(=O)c1cn(-c2ccc(C)cc2)nc1-c1ccccc1. The van der Waals surface area contributed by atoms with E-state index in [-0.39, 0.29) is 18.4 Å². The van der Waals surface area contributed by atoms with Crippen molar-refractivity contribution in [3.8, 4) is 16.9 Å². The highest BCUT2D eigenvalue weighted by atomic mass is 16.2. The van der Waals surface area contributed by atoms with Gasteiger partial charge in [-0.05, 0) is 37.1 Å². The first kappa shape index (κ1) is 22.0. The minimum atomic E-state index is -0.355. The molecule has 166 valence electrons. The van der Waals surface area contributed by atoms with Gasteiger partial charge >= 0.3 is 0 Å². The van der Waals surface area contributed by atoms with Gasteiger partial charge in [0.05, 0.1) is 17.8 Å². The molecule has 0 spiro atoms. The topological polar surface area (TPSA) is 76.0 Å². The van der Waals surface area contributed by atoms with Crippen molar-refractivity contribution in [1.29, 1.82) is 0 Å². The molecule has 0 aliphatic carbocycles. The van der Waals surface area contributed by atoms with Crippen molar-refractivity contribution in [1.82, 2.24) is 15.1 Å². The maximum absolute atomic E-state index is 13.1. The monoisotopic (exact) mass is 438 g/mol. The Morgan fingerprint density at radius 3 is 2.33 bits per heavy atom. The molecule has 0 bridgehead atoms. The number of carbonyl (C=O) groups excluding carboxylic acids is 2. The van der Waals surface area contributed by atoms with Gasteiger partial charge in [-0.15, -0.1) is 0 Å². The largest absolute Gasteiger partial charge is 0.343 e. The van der Waals surface area contributed by atoms with Crippen molar-refractivity contribution >= 4 is 17.5 Å². The van der Waals surface area contributed by atoms with E-state index in [1.165, 1.54) is 0 Å². The van der Waals surface area contributed by atoms with Gasteiger partial charge in [0.25, 0.3) is 5.91 Å². The Morgan fingerprint density at radius 2 is 1.61 bits per heavy atom. The highest BCUT2D eigenvalue weighted by Crippen LogP contribution is 2.24. The molecule has 0 unspecified atom stereocenters. The van der Waals surface area contributed by atoms with Gasteiger partial charge in [-0.25, -0.2) is 4.68 Å². The van der Waals surface area contributed by atoms with Crippen LogP contribution in [0.5, 0.6) is 0 Å². The number of carbonyl (C=O) groups is 2. The molecule has 2 N–H and O–H groups in total. The fourth-order valence-electron chi connectivity index (χ4n) is 3.58. The molecule has 2 amide bonds. The van der Waals surface area contributed by atoms with Gasteiger partial charge in [0, 0.05) is 17.4 Å². The van der Waals surface area contributed by atoms with E-state index >= 15 is 0 Å².